The Hall–Kier alpha value is -3.00. The maximum Gasteiger partial charge on any atom is 0.251 e. The SMILES string of the molecule is COCc1noc(CCNC(=O)c2ccc(-n3nc(C)cc3C)cc2)n1. The molecule has 0 atom stereocenters. The summed E-state index contributed by atoms with van der Waals surface area (Å²) in [5.41, 5.74) is 3.51. The quantitative estimate of drug-likeness (QED) is 0.696. The minimum absolute atomic E-state index is 0.151. The van der Waals surface area contributed by atoms with Crippen LogP contribution < -0.4 is 5.32 Å². The molecule has 8 heteroatoms. The number of rotatable bonds is 7. The van der Waals surface area contributed by atoms with Gasteiger partial charge in [0.15, 0.2) is 5.82 Å². The zero-order chi connectivity index (χ0) is 18.5. The number of benzene rings is 1. The van der Waals surface area contributed by atoms with Crippen LogP contribution in [0.3, 0.4) is 0 Å². The summed E-state index contributed by atoms with van der Waals surface area (Å²) in [7, 11) is 1.57. The van der Waals surface area contributed by atoms with Gasteiger partial charge in [0.2, 0.25) is 5.89 Å². The first-order valence-electron chi connectivity index (χ1n) is 8.29. The molecule has 1 aromatic carbocycles. The average molecular weight is 355 g/mol. The van der Waals surface area contributed by atoms with Crippen molar-refractivity contribution in [3.8, 4) is 5.69 Å². The van der Waals surface area contributed by atoms with E-state index in [1.807, 2.05) is 36.7 Å². The zero-order valence-electron chi connectivity index (χ0n) is 15.0. The molecule has 3 aromatic rings. The number of nitrogens with zero attached hydrogens (tertiary/aromatic N) is 4. The minimum Gasteiger partial charge on any atom is -0.377 e. The van der Waals surface area contributed by atoms with E-state index in [-0.39, 0.29) is 5.91 Å². The van der Waals surface area contributed by atoms with Crippen LogP contribution in [0.15, 0.2) is 34.9 Å². The number of methoxy groups -OCH3 is 1. The predicted octanol–water partition coefficient (Wildman–Crippen LogP) is 1.99. The van der Waals surface area contributed by atoms with Crippen molar-refractivity contribution in [1.82, 2.24) is 25.2 Å². The Kier molecular flexibility index (Phi) is 5.43. The van der Waals surface area contributed by atoms with Gasteiger partial charge in [0.25, 0.3) is 5.91 Å². The van der Waals surface area contributed by atoms with E-state index < -0.39 is 0 Å². The van der Waals surface area contributed by atoms with E-state index in [2.05, 4.69) is 20.6 Å². The molecule has 0 radical (unpaired) electrons. The first-order valence-corrected chi connectivity index (χ1v) is 8.29. The van der Waals surface area contributed by atoms with Crippen molar-refractivity contribution in [3.05, 3.63) is 59.0 Å². The molecule has 0 saturated carbocycles. The van der Waals surface area contributed by atoms with Gasteiger partial charge in [-0.2, -0.15) is 10.1 Å². The van der Waals surface area contributed by atoms with Gasteiger partial charge in [-0.15, -0.1) is 0 Å². The summed E-state index contributed by atoms with van der Waals surface area (Å²) in [5.74, 6) is 0.812. The topological polar surface area (TPSA) is 95.1 Å². The Labute approximate surface area is 151 Å². The lowest BCUT2D eigenvalue weighted by molar-refractivity contribution is 0.0953. The van der Waals surface area contributed by atoms with E-state index >= 15 is 0 Å². The number of carbonyl (C=O) groups excluding carboxylic acids is 1. The van der Waals surface area contributed by atoms with Crippen LogP contribution in [0.5, 0.6) is 0 Å². The predicted molar refractivity (Wildman–Crippen MR) is 94.1 cm³/mol. The maximum absolute atomic E-state index is 12.2. The van der Waals surface area contributed by atoms with Gasteiger partial charge >= 0.3 is 0 Å². The molecule has 0 bridgehead atoms. The first kappa shape index (κ1) is 17.8. The molecule has 0 fully saturated rings. The lowest BCUT2D eigenvalue weighted by Crippen LogP contribution is -2.25. The lowest BCUT2D eigenvalue weighted by Gasteiger charge is -2.07. The van der Waals surface area contributed by atoms with E-state index in [1.54, 1.807) is 19.2 Å². The van der Waals surface area contributed by atoms with Crippen molar-refractivity contribution in [2.75, 3.05) is 13.7 Å². The summed E-state index contributed by atoms with van der Waals surface area (Å²) >= 11 is 0. The highest BCUT2D eigenvalue weighted by atomic mass is 16.5. The van der Waals surface area contributed by atoms with Gasteiger partial charge in [0, 0.05) is 31.3 Å². The van der Waals surface area contributed by atoms with Crippen LogP contribution >= 0.6 is 0 Å². The molecule has 26 heavy (non-hydrogen) atoms. The van der Waals surface area contributed by atoms with Gasteiger partial charge in [-0.1, -0.05) is 5.16 Å². The van der Waals surface area contributed by atoms with Gasteiger partial charge in [0.05, 0.1) is 11.4 Å². The van der Waals surface area contributed by atoms with Crippen molar-refractivity contribution in [3.63, 3.8) is 0 Å². The van der Waals surface area contributed by atoms with Gasteiger partial charge in [-0.3, -0.25) is 4.79 Å². The fourth-order valence-corrected chi connectivity index (χ4v) is 2.61. The fraction of sp³-hybridized carbons (Fsp3) is 0.333. The molecule has 3 rings (SSSR count). The summed E-state index contributed by atoms with van der Waals surface area (Å²) in [6.07, 6.45) is 0.465. The second-order valence-electron chi connectivity index (χ2n) is 5.93. The molecule has 0 spiro atoms. The van der Waals surface area contributed by atoms with Crippen LogP contribution in [0.25, 0.3) is 5.69 Å². The van der Waals surface area contributed by atoms with E-state index in [9.17, 15) is 4.79 Å². The molecule has 2 heterocycles. The van der Waals surface area contributed by atoms with Crippen molar-refractivity contribution in [2.45, 2.75) is 26.9 Å². The lowest BCUT2D eigenvalue weighted by atomic mass is 10.2. The summed E-state index contributed by atoms with van der Waals surface area (Å²) in [5, 5.41) is 11.1. The summed E-state index contributed by atoms with van der Waals surface area (Å²) in [4.78, 5) is 16.4. The zero-order valence-corrected chi connectivity index (χ0v) is 15.0. The molecule has 2 aromatic heterocycles. The number of nitrogens with one attached hydrogen (secondary N) is 1. The molecule has 0 unspecified atom stereocenters. The maximum atomic E-state index is 12.2. The highest BCUT2D eigenvalue weighted by molar-refractivity contribution is 5.94. The molecule has 1 N–H and O–H groups in total. The third-order valence-electron chi connectivity index (χ3n) is 3.79. The first-order chi connectivity index (χ1) is 12.6. The number of aromatic nitrogens is 4. The Morgan fingerprint density at radius 1 is 1.27 bits per heavy atom. The number of ether oxygens (including phenoxy) is 1. The van der Waals surface area contributed by atoms with E-state index in [4.69, 9.17) is 9.26 Å². The molecule has 0 aliphatic heterocycles. The highest BCUT2D eigenvalue weighted by Crippen LogP contribution is 2.13. The van der Waals surface area contributed by atoms with Crippen LogP contribution in [0.1, 0.15) is 33.5 Å². The van der Waals surface area contributed by atoms with Crippen LogP contribution in [-0.4, -0.2) is 39.5 Å². The Bertz CT molecular complexity index is 883. The van der Waals surface area contributed by atoms with Crippen LogP contribution in [0.2, 0.25) is 0 Å². The van der Waals surface area contributed by atoms with Crippen molar-refractivity contribution in [1.29, 1.82) is 0 Å². The third kappa shape index (κ3) is 4.15. The van der Waals surface area contributed by atoms with Crippen molar-refractivity contribution >= 4 is 5.91 Å². The van der Waals surface area contributed by atoms with Gasteiger partial charge in [-0.25, -0.2) is 4.68 Å². The second kappa shape index (κ2) is 7.92. The van der Waals surface area contributed by atoms with E-state index in [0.717, 1.165) is 17.1 Å². The van der Waals surface area contributed by atoms with Crippen molar-refractivity contribution in [2.24, 2.45) is 0 Å². The minimum atomic E-state index is -0.151. The molecule has 0 saturated heterocycles. The molecular weight excluding hydrogens is 334 g/mol. The fourth-order valence-electron chi connectivity index (χ4n) is 2.61. The summed E-state index contributed by atoms with van der Waals surface area (Å²) < 4.78 is 11.9. The second-order valence-corrected chi connectivity index (χ2v) is 5.93. The van der Waals surface area contributed by atoms with Crippen LogP contribution in [0, 0.1) is 13.8 Å². The number of hydrogen-bond acceptors (Lipinski definition) is 6. The number of aryl methyl sites for hydroxylation is 2. The Morgan fingerprint density at radius 3 is 2.69 bits per heavy atom. The number of carbonyl (C=O) groups is 1. The monoisotopic (exact) mass is 355 g/mol. The highest BCUT2D eigenvalue weighted by Gasteiger charge is 2.09. The molecule has 0 aliphatic rings. The standard InChI is InChI=1S/C18H21N5O3/c1-12-10-13(2)23(21-12)15-6-4-14(5-7-15)18(24)19-9-8-17-20-16(11-25-3)22-26-17/h4-7,10H,8-9,11H2,1-3H3,(H,19,24). The third-order valence-corrected chi connectivity index (χ3v) is 3.79. The number of amides is 1. The summed E-state index contributed by atoms with van der Waals surface area (Å²) in [6, 6.07) is 9.33. The van der Waals surface area contributed by atoms with Gasteiger partial charge < -0.3 is 14.6 Å². The average Bonchev–Trinajstić information content (AvgIpc) is 3.21. The molecule has 136 valence electrons. The van der Waals surface area contributed by atoms with Crippen molar-refractivity contribution < 1.29 is 14.1 Å². The van der Waals surface area contributed by atoms with Gasteiger partial charge in [-0.05, 0) is 44.2 Å². The Balaban J connectivity index is 1.55. The molecule has 1 amide bonds. The smallest absolute Gasteiger partial charge is 0.251 e. The largest absolute Gasteiger partial charge is 0.377 e. The van der Waals surface area contributed by atoms with Crippen LogP contribution in [-0.2, 0) is 17.8 Å². The van der Waals surface area contributed by atoms with E-state index in [0.29, 0.717) is 36.9 Å². The number of hydrogen-bond donors (Lipinski definition) is 1. The molecule has 0 aliphatic carbocycles. The molecule has 8 nitrogen and oxygen atoms in total. The van der Waals surface area contributed by atoms with Gasteiger partial charge in [0.1, 0.15) is 6.61 Å². The van der Waals surface area contributed by atoms with Crippen LogP contribution in [0.4, 0.5) is 0 Å². The van der Waals surface area contributed by atoms with E-state index in [1.165, 1.54) is 0 Å². The molecular formula is C18H21N5O3. The Morgan fingerprint density at radius 2 is 2.04 bits per heavy atom. The summed E-state index contributed by atoms with van der Waals surface area (Å²) in [6.45, 7) is 4.66. The normalized spacial score (nSPS) is 10.9.